The molecule has 2 atom stereocenters. The van der Waals surface area contributed by atoms with Crippen LogP contribution in [0.15, 0.2) is 52.1 Å². The molecule has 2 aromatic carbocycles. The van der Waals surface area contributed by atoms with E-state index in [0.717, 1.165) is 5.56 Å². The third-order valence-corrected chi connectivity index (χ3v) is 5.26. The highest BCUT2D eigenvalue weighted by Crippen LogP contribution is 2.35. The molecular weight excluding hydrogens is 366 g/mol. The van der Waals surface area contributed by atoms with E-state index in [-0.39, 0.29) is 18.2 Å². The maximum atomic E-state index is 12.6. The highest BCUT2D eigenvalue weighted by molar-refractivity contribution is 6.31. The zero-order valence-electron chi connectivity index (χ0n) is 14.7. The predicted octanol–water partition coefficient (Wildman–Crippen LogP) is 3.11. The lowest BCUT2D eigenvalue weighted by molar-refractivity contribution is -0.117. The molecule has 1 aromatic heterocycles. The highest BCUT2D eigenvalue weighted by Gasteiger charge is 2.31. The number of rotatable bonds is 3. The van der Waals surface area contributed by atoms with Gasteiger partial charge in [0.25, 0.3) is 0 Å². The Balaban J connectivity index is 1.77. The van der Waals surface area contributed by atoms with Crippen molar-refractivity contribution in [3.05, 3.63) is 73.8 Å². The molecule has 3 aromatic rings. The Morgan fingerprint density at radius 3 is 2.74 bits per heavy atom. The number of carbonyl (C=O) groups excluding carboxylic acids is 1. The number of amides is 1. The number of carbonyl (C=O) groups is 1. The van der Waals surface area contributed by atoms with E-state index in [4.69, 9.17) is 11.6 Å². The lowest BCUT2D eigenvalue weighted by Crippen LogP contribution is -2.43. The molecule has 2 heterocycles. The van der Waals surface area contributed by atoms with E-state index in [1.54, 1.807) is 18.2 Å². The fraction of sp³-hybridized carbons (Fsp3) is 0.250. The molecule has 27 heavy (non-hydrogen) atoms. The van der Waals surface area contributed by atoms with Gasteiger partial charge in [-0.1, -0.05) is 36.7 Å². The van der Waals surface area contributed by atoms with Crippen LogP contribution in [0.4, 0.5) is 5.69 Å². The number of H-pyrrole nitrogens is 1. The van der Waals surface area contributed by atoms with Gasteiger partial charge >= 0.3 is 11.1 Å². The van der Waals surface area contributed by atoms with Gasteiger partial charge in [-0.15, -0.1) is 0 Å². The van der Waals surface area contributed by atoms with Gasteiger partial charge in [-0.25, -0.2) is 0 Å². The van der Waals surface area contributed by atoms with Gasteiger partial charge < -0.3 is 10.3 Å². The van der Waals surface area contributed by atoms with Crippen LogP contribution in [0.25, 0.3) is 11.0 Å². The number of aromatic amines is 1. The van der Waals surface area contributed by atoms with Crippen LogP contribution in [0.5, 0.6) is 0 Å². The van der Waals surface area contributed by atoms with E-state index < -0.39 is 17.2 Å². The molecular formula is C20H18ClN3O3. The zero-order chi connectivity index (χ0) is 19.1. The quantitative estimate of drug-likeness (QED) is 0.681. The lowest BCUT2D eigenvalue weighted by Gasteiger charge is -2.32. The Morgan fingerprint density at radius 2 is 2.00 bits per heavy atom. The van der Waals surface area contributed by atoms with Crippen molar-refractivity contribution in [1.29, 1.82) is 0 Å². The molecule has 1 amide bonds. The molecule has 0 saturated heterocycles. The standard InChI is InChI=1S/C20H18ClN3O3/c1-11-7-12-8-13(21)9-15-18(12)24(20(27)19(26)23-15)16(11)10-17(25)22-14-5-3-2-4-6-14/h2-6,8-9,11,16H,7,10H2,1H3,(H,22,25)(H,23,26)/t11-,16?/m0/s1. The average molecular weight is 384 g/mol. The van der Waals surface area contributed by atoms with E-state index >= 15 is 0 Å². The number of halogens is 1. The van der Waals surface area contributed by atoms with E-state index in [9.17, 15) is 14.4 Å². The molecule has 7 heteroatoms. The molecule has 0 fully saturated rings. The molecule has 1 unspecified atom stereocenters. The summed E-state index contributed by atoms with van der Waals surface area (Å²) in [6.07, 6.45) is 0.780. The third kappa shape index (κ3) is 3.17. The van der Waals surface area contributed by atoms with E-state index in [1.807, 2.05) is 31.2 Å². The van der Waals surface area contributed by atoms with Crippen molar-refractivity contribution in [2.75, 3.05) is 5.32 Å². The normalized spacial score (nSPS) is 18.4. The van der Waals surface area contributed by atoms with Crippen LogP contribution in [0.3, 0.4) is 0 Å². The molecule has 2 N–H and O–H groups in total. The summed E-state index contributed by atoms with van der Waals surface area (Å²) in [4.78, 5) is 40.0. The number of hydrogen-bond acceptors (Lipinski definition) is 3. The van der Waals surface area contributed by atoms with Crippen LogP contribution in [0.2, 0.25) is 5.02 Å². The molecule has 0 bridgehead atoms. The molecule has 1 aliphatic heterocycles. The van der Waals surface area contributed by atoms with Crippen LogP contribution in [0, 0.1) is 5.92 Å². The SMILES string of the molecule is C[C@H]1Cc2cc(Cl)cc3[nH]c(=O)c(=O)n(c23)C1CC(=O)Nc1ccccc1. The maximum Gasteiger partial charge on any atom is 0.317 e. The molecule has 0 aliphatic carbocycles. The summed E-state index contributed by atoms with van der Waals surface area (Å²) in [6.45, 7) is 1.98. The van der Waals surface area contributed by atoms with Crippen molar-refractivity contribution >= 4 is 34.2 Å². The minimum Gasteiger partial charge on any atom is -0.326 e. The molecule has 138 valence electrons. The maximum absolute atomic E-state index is 12.6. The van der Waals surface area contributed by atoms with Crippen molar-refractivity contribution in [3.63, 3.8) is 0 Å². The number of para-hydroxylation sites is 1. The number of nitrogens with one attached hydrogen (secondary N) is 2. The first-order chi connectivity index (χ1) is 12.9. The Bertz CT molecular complexity index is 1150. The molecule has 1 aliphatic rings. The number of hydrogen-bond donors (Lipinski definition) is 2. The second-order valence-electron chi connectivity index (χ2n) is 6.96. The fourth-order valence-electron chi connectivity index (χ4n) is 3.85. The molecule has 0 saturated carbocycles. The Hall–Kier alpha value is -2.86. The molecule has 4 rings (SSSR count). The first kappa shape index (κ1) is 17.5. The van der Waals surface area contributed by atoms with Gasteiger partial charge in [0.1, 0.15) is 0 Å². The van der Waals surface area contributed by atoms with Crippen LogP contribution in [0.1, 0.15) is 24.9 Å². The van der Waals surface area contributed by atoms with Gasteiger partial charge in [0, 0.05) is 23.2 Å². The number of nitrogens with zero attached hydrogens (tertiary/aromatic N) is 1. The summed E-state index contributed by atoms with van der Waals surface area (Å²) in [6, 6.07) is 12.2. The van der Waals surface area contributed by atoms with E-state index in [0.29, 0.717) is 28.2 Å². The number of aromatic nitrogens is 2. The summed E-state index contributed by atoms with van der Waals surface area (Å²) < 4.78 is 1.47. The monoisotopic (exact) mass is 383 g/mol. The van der Waals surface area contributed by atoms with Gasteiger partial charge in [-0.2, -0.15) is 0 Å². The van der Waals surface area contributed by atoms with Crippen LogP contribution < -0.4 is 16.4 Å². The fourth-order valence-corrected chi connectivity index (χ4v) is 4.09. The number of anilines is 1. The van der Waals surface area contributed by atoms with E-state index in [1.165, 1.54) is 4.57 Å². The van der Waals surface area contributed by atoms with Gasteiger partial charge in [0.05, 0.1) is 11.0 Å². The Labute approximate surface area is 159 Å². The number of benzene rings is 2. The van der Waals surface area contributed by atoms with Crippen molar-refractivity contribution in [1.82, 2.24) is 9.55 Å². The van der Waals surface area contributed by atoms with Gasteiger partial charge in [0.2, 0.25) is 5.91 Å². The van der Waals surface area contributed by atoms with Crippen LogP contribution in [-0.4, -0.2) is 15.5 Å². The summed E-state index contributed by atoms with van der Waals surface area (Å²) in [5.41, 5.74) is 1.41. The van der Waals surface area contributed by atoms with Crippen molar-refractivity contribution in [2.45, 2.75) is 25.8 Å². The summed E-state index contributed by atoms with van der Waals surface area (Å²) in [7, 11) is 0. The zero-order valence-corrected chi connectivity index (χ0v) is 15.4. The highest BCUT2D eigenvalue weighted by atomic mass is 35.5. The second-order valence-corrected chi connectivity index (χ2v) is 7.39. The predicted molar refractivity (Wildman–Crippen MR) is 105 cm³/mol. The second kappa shape index (κ2) is 6.70. The molecule has 6 nitrogen and oxygen atoms in total. The lowest BCUT2D eigenvalue weighted by atomic mass is 9.87. The minimum atomic E-state index is -0.710. The van der Waals surface area contributed by atoms with E-state index in [2.05, 4.69) is 10.3 Å². The minimum absolute atomic E-state index is 0.000176. The molecule has 0 spiro atoms. The third-order valence-electron chi connectivity index (χ3n) is 5.04. The van der Waals surface area contributed by atoms with Gasteiger partial charge in [-0.3, -0.25) is 19.0 Å². The van der Waals surface area contributed by atoms with Crippen LogP contribution in [-0.2, 0) is 11.2 Å². The average Bonchev–Trinajstić information content (AvgIpc) is 2.62. The summed E-state index contributed by atoms with van der Waals surface area (Å²) in [5.74, 6) is -0.198. The molecule has 0 radical (unpaired) electrons. The topological polar surface area (TPSA) is 84.0 Å². The summed E-state index contributed by atoms with van der Waals surface area (Å²) >= 11 is 6.16. The Kier molecular flexibility index (Phi) is 4.36. The summed E-state index contributed by atoms with van der Waals surface area (Å²) in [5, 5.41) is 3.35. The largest absolute Gasteiger partial charge is 0.326 e. The smallest absolute Gasteiger partial charge is 0.317 e. The van der Waals surface area contributed by atoms with Gasteiger partial charge in [-0.05, 0) is 42.2 Å². The van der Waals surface area contributed by atoms with Crippen LogP contribution >= 0.6 is 11.6 Å². The Morgan fingerprint density at radius 1 is 1.26 bits per heavy atom. The van der Waals surface area contributed by atoms with Crippen molar-refractivity contribution < 1.29 is 4.79 Å². The first-order valence-corrected chi connectivity index (χ1v) is 9.13. The van der Waals surface area contributed by atoms with Crippen molar-refractivity contribution in [3.8, 4) is 0 Å². The van der Waals surface area contributed by atoms with Gasteiger partial charge in [0.15, 0.2) is 0 Å². The van der Waals surface area contributed by atoms with Crippen molar-refractivity contribution in [2.24, 2.45) is 5.92 Å². The first-order valence-electron chi connectivity index (χ1n) is 8.76.